The molecule has 2 amide bonds. The van der Waals surface area contributed by atoms with Gasteiger partial charge in [-0.25, -0.2) is 4.98 Å². The van der Waals surface area contributed by atoms with Gasteiger partial charge in [0.05, 0.1) is 11.3 Å². The number of nitrogens with zero attached hydrogens (tertiary/aromatic N) is 2. The van der Waals surface area contributed by atoms with E-state index in [0.717, 1.165) is 10.6 Å². The molecule has 2 aromatic rings. The second kappa shape index (κ2) is 6.52. The van der Waals surface area contributed by atoms with Gasteiger partial charge in [0.1, 0.15) is 5.03 Å². The minimum Gasteiger partial charge on any atom is -0.326 e. The summed E-state index contributed by atoms with van der Waals surface area (Å²) >= 11 is 1.45. The predicted octanol–water partition coefficient (Wildman–Crippen LogP) is 4.20. The van der Waals surface area contributed by atoms with Crippen LogP contribution in [0.15, 0.2) is 46.5 Å². The van der Waals surface area contributed by atoms with Crippen molar-refractivity contribution in [2.75, 3.05) is 16.8 Å². The van der Waals surface area contributed by atoms with Crippen molar-refractivity contribution in [3.8, 4) is 0 Å². The molecule has 0 unspecified atom stereocenters. The van der Waals surface area contributed by atoms with E-state index in [1.165, 1.54) is 11.8 Å². The van der Waals surface area contributed by atoms with Gasteiger partial charge in [0.2, 0.25) is 5.91 Å². The van der Waals surface area contributed by atoms with E-state index in [-0.39, 0.29) is 11.8 Å². The summed E-state index contributed by atoms with van der Waals surface area (Å²) < 4.78 is 0. The molecule has 0 fully saturated rings. The number of fused-ring (bicyclic) bond motifs is 2. The van der Waals surface area contributed by atoms with Gasteiger partial charge >= 0.3 is 0 Å². The van der Waals surface area contributed by atoms with E-state index in [9.17, 15) is 9.59 Å². The van der Waals surface area contributed by atoms with Crippen LogP contribution in [0.1, 0.15) is 38.1 Å². The second-order valence-corrected chi connectivity index (χ2v) is 7.92. The van der Waals surface area contributed by atoms with Crippen LogP contribution in [0.5, 0.6) is 0 Å². The van der Waals surface area contributed by atoms with Crippen LogP contribution in [0, 0.1) is 5.41 Å². The van der Waals surface area contributed by atoms with Crippen molar-refractivity contribution >= 4 is 35.0 Å². The standard InChI is InChI=1S/C19H21N3O2S/c1-5-22-14-9-8-12(21-18(24)19(2,3)4)11-15(14)25-16-13(17(22)23)7-6-10-20-16/h6-11H,5H2,1-4H3,(H,21,24). The zero-order valence-corrected chi connectivity index (χ0v) is 15.6. The molecule has 1 aromatic carbocycles. The zero-order chi connectivity index (χ0) is 18.2. The van der Waals surface area contributed by atoms with E-state index in [0.29, 0.717) is 22.8 Å². The Bertz CT molecular complexity index is 843. The van der Waals surface area contributed by atoms with Gasteiger partial charge in [0, 0.05) is 28.7 Å². The van der Waals surface area contributed by atoms with Crippen LogP contribution < -0.4 is 10.2 Å². The summed E-state index contributed by atoms with van der Waals surface area (Å²) in [6.07, 6.45) is 1.69. The second-order valence-electron chi connectivity index (χ2n) is 6.89. The topological polar surface area (TPSA) is 62.3 Å². The molecule has 0 aliphatic carbocycles. The fraction of sp³-hybridized carbons (Fsp3) is 0.316. The Morgan fingerprint density at radius 3 is 2.72 bits per heavy atom. The molecule has 1 N–H and O–H groups in total. The lowest BCUT2D eigenvalue weighted by atomic mass is 9.95. The smallest absolute Gasteiger partial charge is 0.261 e. The minimum atomic E-state index is -0.473. The first kappa shape index (κ1) is 17.5. The number of rotatable bonds is 2. The third kappa shape index (κ3) is 3.39. The van der Waals surface area contributed by atoms with Crippen molar-refractivity contribution in [2.45, 2.75) is 37.6 Å². The van der Waals surface area contributed by atoms with E-state index in [1.807, 2.05) is 45.9 Å². The van der Waals surface area contributed by atoms with E-state index in [2.05, 4.69) is 10.3 Å². The molecule has 0 spiro atoms. The number of carbonyl (C=O) groups is 2. The van der Waals surface area contributed by atoms with Crippen LogP contribution in [0.4, 0.5) is 11.4 Å². The number of benzene rings is 1. The van der Waals surface area contributed by atoms with Gasteiger partial charge in [-0.1, -0.05) is 32.5 Å². The lowest BCUT2D eigenvalue weighted by molar-refractivity contribution is -0.123. The Morgan fingerprint density at radius 2 is 2.04 bits per heavy atom. The Kier molecular flexibility index (Phi) is 4.56. The van der Waals surface area contributed by atoms with Crippen LogP contribution in [-0.4, -0.2) is 23.3 Å². The molecule has 25 heavy (non-hydrogen) atoms. The number of amides is 2. The Morgan fingerprint density at radius 1 is 1.28 bits per heavy atom. The zero-order valence-electron chi connectivity index (χ0n) is 14.8. The van der Waals surface area contributed by atoms with Crippen molar-refractivity contribution in [2.24, 2.45) is 5.41 Å². The van der Waals surface area contributed by atoms with E-state index in [1.54, 1.807) is 23.2 Å². The van der Waals surface area contributed by atoms with Gasteiger partial charge in [-0.15, -0.1) is 0 Å². The van der Waals surface area contributed by atoms with Crippen molar-refractivity contribution in [1.29, 1.82) is 0 Å². The molecule has 1 aliphatic heterocycles. The van der Waals surface area contributed by atoms with Crippen LogP contribution in [0.25, 0.3) is 0 Å². The molecule has 6 heteroatoms. The monoisotopic (exact) mass is 355 g/mol. The lowest BCUT2D eigenvalue weighted by Crippen LogP contribution is -2.30. The maximum atomic E-state index is 12.8. The van der Waals surface area contributed by atoms with Crippen molar-refractivity contribution in [1.82, 2.24) is 4.98 Å². The van der Waals surface area contributed by atoms with Gasteiger partial charge in [0.25, 0.3) is 5.91 Å². The molecule has 5 nitrogen and oxygen atoms in total. The third-order valence-electron chi connectivity index (χ3n) is 3.96. The molecule has 0 saturated heterocycles. The average Bonchev–Trinajstić information content (AvgIpc) is 2.67. The van der Waals surface area contributed by atoms with Gasteiger partial charge in [-0.05, 0) is 37.3 Å². The van der Waals surface area contributed by atoms with Crippen LogP contribution in [0.2, 0.25) is 0 Å². The first-order chi connectivity index (χ1) is 11.8. The van der Waals surface area contributed by atoms with Crippen molar-refractivity contribution in [3.63, 3.8) is 0 Å². The molecule has 0 saturated carbocycles. The number of hydrogen-bond donors (Lipinski definition) is 1. The van der Waals surface area contributed by atoms with E-state index < -0.39 is 5.41 Å². The van der Waals surface area contributed by atoms with Gasteiger partial charge in [-0.3, -0.25) is 9.59 Å². The fourth-order valence-corrected chi connectivity index (χ4v) is 3.58. The molecule has 3 rings (SSSR count). The third-order valence-corrected chi connectivity index (χ3v) is 5.02. The normalized spacial score (nSPS) is 13.8. The summed E-state index contributed by atoms with van der Waals surface area (Å²) in [6.45, 7) is 8.13. The highest BCUT2D eigenvalue weighted by atomic mass is 32.2. The molecule has 1 aliphatic rings. The summed E-state index contributed by atoms with van der Waals surface area (Å²) in [5.74, 6) is -0.101. The van der Waals surface area contributed by atoms with Gasteiger partial charge < -0.3 is 10.2 Å². The fourth-order valence-electron chi connectivity index (χ4n) is 2.52. The number of anilines is 2. The molecule has 0 radical (unpaired) electrons. The molecular formula is C19H21N3O2S. The maximum absolute atomic E-state index is 12.8. The lowest BCUT2D eigenvalue weighted by Gasteiger charge is -2.22. The number of aromatic nitrogens is 1. The van der Waals surface area contributed by atoms with Crippen LogP contribution in [-0.2, 0) is 4.79 Å². The number of pyridine rings is 1. The molecule has 130 valence electrons. The first-order valence-electron chi connectivity index (χ1n) is 8.21. The molecular weight excluding hydrogens is 334 g/mol. The summed E-state index contributed by atoms with van der Waals surface area (Å²) in [5, 5.41) is 3.63. The average molecular weight is 355 g/mol. The van der Waals surface area contributed by atoms with Crippen molar-refractivity contribution in [3.05, 3.63) is 42.1 Å². The Balaban J connectivity index is 2.03. The maximum Gasteiger partial charge on any atom is 0.261 e. The Hall–Kier alpha value is -2.34. The summed E-state index contributed by atoms with van der Waals surface area (Å²) in [4.78, 5) is 32.1. The first-order valence-corrected chi connectivity index (χ1v) is 9.03. The molecule has 0 bridgehead atoms. The highest BCUT2D eigenvalue weighted by Gasteiger charge is 2.28. The van der Waals surface area contributed by atoms with Crippen LogP contribution >= 0.6 is 11.8 Å². The Labute approximate surface area is 151 Å². The van der Waals surface area contributed by atoms with Gasteiger partial charge in [0.15, 0.2) is 0 Å². The van der Waals surface area contributed by atoms with E-state index >= 15 is 0 Å². The SMILES string of the molecule is CCN1C(=O)c2cccnc2Sc2cc(NC(=O)C(C)(C)C)ccc21. The number of nitrogens with one attached hydrogen (secondary N) is 1. The van der Waals surface area contributed by atoms with E-state index in [4.69, 9.17) is 0 Å². The quantitative estimate of drug-likeness (QED) is 0.877. The highest BCUT2D eigenvalue weighted by molar-refractivity contribution is 7.99. The summed E-state index contributed by atoms with van der Waals surface area (Å²) in [5.41, 5.74) is 1.68. The molecule has 2 heterocycles. The molecule has 0 atom stereocenters. The summed E-state index contributed by atoms with van der Waals surface area (Å²) in [7, 11) is 0. The van der Waals surface area contributed by atoms with Crippen LogP contribution in [0.3, 0.4) is 0 Å². The minimum absolute atomic E-state index is 0.0481. The summed E-state index contributed by atoms with van der Waals surface area (Å²) in [6, 6.07) is 9.20. The number of carbonyl (C=O) groups excluding carboxylic acids is 2. The largest absolute Gasteiger partial charge is 0.326 e. The van der Waals surface area contributed by atoms with Crippen molar-refractivity contribution < 1.29 is 9.59 Å². The highest BCUT2D eigenvalue weighted by Crippen LogP contribution is 2.41. The predicted molar refractivity (Wildman–Crippen MR) is 100 cm³/mol. The number of hydrogen-bond acceptors (Lipinski definition) is 4. The molecule has 1 aromatic heterocycles. The van der Waals surface area contributed by atoms with Gasteiger partial charge in [-0.2, -0.15) is 0 Å².